The average molecular weight is 524 g/mol. The molecule has 1 fully saturated rings. The first-order valence-corrected chi connectivity index (χ1v) is 12.8. The number of hydrogen-bond donors (Lipinski definition) is 3. The van der Waals surface area contributed by atoms with Crippen LogP contribution in [0.15, 0.2) is 45.7 Å². The number of rotatable bonds is 6. The van der Waals surface area contributed by atoms with Gasteiger partial charge in [0.05, 0.1) is 11.7 Å². The zero-order chi connectivity index (χ0) is 26.7. The monoisotopic (exact) mass is 523 g/mol. The summed E-state index contributed by atoms with van der Waals surface area (Å²) in [4.78, 5) is 25.9. The van der Waals surface area contributed by atoms with Gasteiger partial charge in [-0.1, -0.05) is 19.1 Å². The highest BCUT2D eigenvalue weighted by Gasteiger charge is 2.42. The van der Waals surface area contributed by atoms with Crippen LogP contribution in [0.2, 0.25) is 0 Å². The summed E-state index contributed by atoms with van der Waals surface area (Å²) in [5, 5.41) is 3.23. The molecular formula is C25H36F3N7O2. The second-order valence-corrected chi connectivity index (χ2v) is 10.0. The van der Waals surface area contributed by atoms with Gasteiger partial charge < -0.3 is 31.3 Å². The van der Waals surface area contributed by atoms with Crippen LogP contribution in [0.5, 0.6) is 0 Å². The fourth-order valence-electron chi connectivity index (χ4n) is 4.94. The maximum atomic E-state index is 13.4. The molecule has 9 nitrogen and oxygen atoms in total. The van der Waals surface area contributed by atoms with E-state index in [9.17, 15) is 18.0 Å². The number of ether oxygens (including phenoxy) is 1. The van der Waals surface area contributed by atoms with Gasteiger partial charge in [-0.15, -0.1) is 0 Å². The molecule has 0 saturated carbocycles. The number of carbonyl (C=O) groups excluding carboxylic acids is 1. The highest BCUT2D eigenvalue weighted by molar-refractivity contribution is 6.66. The lowest BCUT2D eigenvalue weighted by atomic mass is 9.90. The van der Waals surface area contributed by atoms with Crippen molar-refractivity contribution in [2.45, 2.75) is 63.1 Å². The number of likely N-dealkylation sites (N-methyl/N-ethyl adjacent to an activating group) is 1. The van der Waals surface area contributed by atoms with Crippen LogP contribution in [0.4, 0.5) is 13.2 Å². The lowest BCUT2D eigenvalue weighted by molar-refractivity contribution is -0.166. The van der Waals surface area contributed by atoms with Gasteiger partial charge in [0.2, 0.25) is 6.23 Å². The zero-order valence-corrected chi connectivity index (χ0v) is 21.2. The van der Waals surface area contributed by atoms with Gasteiger partial charge in [-0.25, -0.2) is 4.99 Å². The van der Waals surface area contributed by atoms with E-state index in [-0.39, 0.29) is 36.2 Å². The summed E-state index contributed by atoms with van der Waals surface area (Å²) in [6.07, 6.45) is 3.09. The fraction of sp³-hybridized carbons (Fsp3) is 0.640. The first-order valence-electron chi connectivity index (χ1n) is 12.8. The molecule has 2 aliphatic carbocycles. The van der Waals surface area contributed by atoms with Crippen LogP contribution < -0.4 is 16.8 Å². The number of piperazine rings is 1. The lowest BCUT2D eigenvalue weighted by Gasteiger charge is -2.36. The Bertz CT molecular complexity index is 1010. The van der Waals surface area contributed by atoms with Crippen molar-refractivity contribution < 1.29 is 22.7 Å². The van der Waals surface area contributed by atoms with Crippen molar-refractivity contribution in [3.8, 4) is 0 Å². The number of aliphatic imine (C=N–C) groups is 2. The van der Waals surface area contributed by atoms with E-state index in [1.807, 2.05) is 19.1 Å². The van der Waals surface area contributed by atoms with Crippen LogP contribution in [0.3, 0.4) is 0 Å². The smallest absolute Gasteiger partial charge is 0.395 e. The van der Waals surface area contributed by atoms with Gasteiger partial charge in [0.25, 0.3) is 5.91 Å². The Kier molecular flexibility index (Phi) is 8.27. The van der Waals surface area contributed by atoms with Crippen LogP contribution in [-0.2, 0) is 9.53 Å². The zero-order valence-electron chi connectivity index (χ0n) is 21.2. The molecule has 204 valence electrons. The molecule has 4 rings (SSSR count). The molecule has 1 saturated heterocycles. The minimum absolute atomic E-state index is 0.0106. The lowest BCUT2D eigenvalue weighted by Crippen LogP contribution is -2.49. The number of nitrogens with zero attached hydrogens (tertiary/aromatic N) is 4. The number of primary amides is 1. The third-order valence-electron chi connectivity index (χ3n) is 7.13. The van der Waals surface area contributed by atoms with E-state index in [0.717, 1.165) is 38.0 Å². The maximum absolute atomic E-state index is 13.4. The van der Waals surface area contributed by atoms with Gasteiger partial charge in [-0.05, 0) is 38.5 Å². The number of allylic oxidation sites excluding steroid dienone is 2. The number of nitrogens with two attached hydrogens (primary N) is 2. The van der Waals surface area contributed by atoms with Crippen molar-refractivity contribution in [3.63, 3.8) is 0 Å². The first-order chi connectivity index (χ1) is 17.5. The first kappa shape index (κ1) is 27.2. The van der Waals surface area contributed by atoms with Crippen molar-refractivity contribution in [2.75, 3.05) is 33.2 Å². The fourth-order valence-corrected chi connectivity index (χ4v) is 4.94. The van der Waals surface area contributed by atoms with E-state index in [1.165, 1.54) is 0 Å². The van der Waals surface area contributed by atoms with Crippen molar-refractivity contribution >= 4 is 17.5 Å². The van der Waals surface area contributed by atoms with Gasteiger partial charge >= 0.3 is 6.18 Å². The summed E-state index contributed by atoms with van der Waals surface area (Å²) in [6.45, 7) is 5.77. The third-order valence-corrected chi connectivity index (χ3v) is 7.13. The molecular weight excluding hydrogens is 487 g/mol. The molecule has 2 aliphatic heterocycles. The van der Waals surface area contributed by atoms with Crippen LogP contribution in [0, 0.1) is 5.92 Å². The molecule has 5 atom stereocenters. The van der Waals surface area contributed by atoms with Crippen molar-refractivity contribution in [3.05, 3.63) is 35.8 Å². The molecule has 1 amide bonds. The number of amides is 1. The second-order valence-electron chi connectivity index (χ2n) is 10.0. The average Bonchev–Trinajstić information content (AvgIpc) is 2.84. The Hall–Kier alpha value is -2.86. The number of carbonyl (C=O) groups is 1. The maximum Gasteiger partial charge on any atom is 0.395 e. The van der Waals surface area contributed by atoms with Crippen LogP contribution in [-0.4, -0.2) is 91.0 Å². The molecule has 0 spiro atoms. The molecule has 5 unspecified atom stereocenters. The number of nitrogens with one attached hydrogen (secondary N) is 1. The van der Waals surface area contributed by atoms with Crippen molar-refractivity contribution in [1.29, 1.82) is 0 Å². The minimum atomic E-state index is -4.40. The summed E-state index contributed by atoms with van der Waals surface area (Å²) >= 11 is 0. The van der Waals surface area contributed by atoms with E-state index in [2.05, 4.69) is 38.2 Å². The highest BCUT2D eigenvalue weighted by atomic mass is 19.4. The standard InChI is InChI=1S/C25H36F3N7O2/c1-3-20-24(37-19-13-15(25(26,27)28)12-16(29)14-19)33-23(21(32-20)22(30)36)31-17-4-6-18(7-5-17)35-10-8-34(2)9-11-35/h4,6-7,13,15-17,20,24H,3,5,8-12,14,29H2,1-2H3,(H2,30,36)(H,31,33). The summed E-state index contributed by atoms with van der Waals surface area (Å²) in [6, 6.07) is -1.40. The Morgan fingerprint density at radius 1 is 1.24 bits per heavy atom. The predicted molar refractivity (Wildman–Crippen MR) is 136 cm³/mol. The Morgan fingerprint density at radius 3 is 2.57 bits per heavy atom. The normalized spacial score (nSPS) is 31.2. The number of alkyl halides is 3. The van der Waals surface area contributed by atoms with Crippen LogP contribution in [0.25, 0.3) is 0 Å². The SMILES string of the molecule is CCC1N=C(C(N)=O)C(NC2C=CC(N3CCN(C)CC3)=CC2)=NC1OC1=CC(C(F)(F)F)CC(N)C1. The molecule has 0 aromatic rings. The third kappa shape index (κ3) is 6.72. The van der Waals surface area contributed by atoms with Gasteiger partial charge in [-0.3, -0.25) is 9.79 Å². The molecule has 0 aromatic heterocycles. The topological polar surface area (TPSA) is 122 Å². The van der Waals surface area contributed by atoms with E-state index in [1.54, 1.807) is 0 Å². The Morgan fingerprint density at radius 2 is 1.97 bits per heavy atom. The van der Waals surface area contributed by atoms with Crippen LogP contribution in [0.1, 0.15) is 32.6 Å². The number of halogens is 3. The molecule has 37 heavy (non-hydrogen) atoms. The quantitative estimate of drug-likeness (QED) is 0.487. The molecule has 2 heterocycles. The molecule has 12 heteroatoms. The van der Waals surface area contributed by atoms with Gasteiger partial charge in [0.1, 0.15) is 6.04 Å². The van der Waals surface area contributed by atoms with Crippen molar-refractivity contribution in [2.24, 2.45) is 27.4 Å². The Balaban J connectivity index is 1.48. The second kappa shape index (κ2) is 11.3. The van der Waals surface area contributed by atoms with E-state index >= 15 is 0 Å². The number of amidine groups is 1. The summed E-state index contributed by atoms with van der Waals surface area (Å²) in [5.74, 6) is -2.08. The molecule has 0 bridgehead atoms. The summed E-state index contributed by atoms with van der Waals surface area (Å²) in [5.41, 5.74) is 12.7. The molecule has 0 aromatic carbocycles. The number of hydrogen-bond acceptors (Lipinski definition) is 8. The molecule has 5 N–H and O–H groups in total. The van der Waals surface area contributed by atoms with Gasteiger partial charge in [0.15, 0.2) is 11.5 Å². The molecule has 0 radical (unpaired) electrons. The largest absolute Gasteiger partial charge is 0.471 e. The van der Waals surface area contributed by atoms with Crippen LogP contribution >= 0.6 is 0 Å². The van der Waals surface area contributed by atoms with E-state index in [4.69, 9.17) is 16.2 Å². The van der Waals surface area contributed by atoms with Crippen molar-refractivity contribution in [1.82, 2.24) is 15.1 Å². The predicted octanol–water partition coefficient (Wildman–Crippen LogP) is 1.68. The summed E-state index contributed by atoms with van der Waals surface area (Å²) < 4.78 is 46.0. The van der Waals surface area contributed by atoms with E-state index < -0.39 is 36.3 Å². The van der Waals surface area contributed by atoms with Gasteiger partial charge in [-0.2, -0.15) is 13.2 Å². The van der Waals surface area contributed by atoms with Gasteiger partial charge in [0, 0.05) is 50.4 Å². The summed E-state index contributed by atoms with van der Waals surface area (Å²) in [7, 11) is 2.11. The molecule has 4 aliphatic rings. The minimum Gasteiger partial charge on any atom is -0.471 e. The van der Waals surface area contributed by atoms with E-state index in [0.29, 0.717) is 12.8 Å². The Labute approximate surface area is 215 Å². The highest BCUT2D eigenvalue weighted by Crippen LogP contribution is 2.36.